The molecule has 1 atom stereocenters. The van der Waals surface area contributed by atoms with Gasteiger partial charge in [0.25, 0.3) is 15.9 Å². The molecule has 1 N–H and O–H groups in total. The van der Waals surface area contributed by atoms with Crippen molar-refractivity contribution >= 4 is 27.5 Å². The minimum atomic E-state index is -4.01. The Labute approximate surface area is 129 Å². The maximum atomic E-state index is 12.0. The number of ether oxygens (including phenoxy) is 2. The van der Waals surface area contributed by atoms with Gasteiger partial charge in [0.15, 0.2) is 0 Å². The molecule has 8 heteroatoms. The van der Waals surface area contributed by atoms with Crippen LogP contribution in [0.25, 0.3) is 0 Å². The predicted octanol–water partition coefficient (Wildman–Crippen LogP) is 1.59. The summed E-state index contributed by atoms with van der Waals surface area (Å²) in [6.45, 7) is 4.39. The standard InChI is InChI=1S/C13H18ClNO5S/c1-3-19-8-9-20-10(2)13(16)15-21(17,18)12-7-5-4-6-11(12)14/h4-7,10H,3,8-9H2,1-2H3,(H,15,16)/t10-/m1/s1. The fraction of sp³-hybridized carbons (Fsp3) is 0.462. The van der Waals surface area contributed by atoms with Crippen LogP contribution in [0.1, 0.15) is 13.8 Å². The van der Waals surface area contributed by atoms with Crippen molar-refractivity contribution in [2.75, 3.05) is 19.8 Å². The Kier molecular flexibility index (Phi) is 7.10. The molecule has 0 spiro atoms. The zero-order chi connectivity index (χ0) is 15.9. The third-order valence-corrected chi connectivity index (χ3v) is 4.38. The second-order valence-electron chi connectivity index (χ2n) is 4.11. The number of carbonyl (C=O) groups is 1. The quantitative estimate of drug-likeness (QED) is 0.729. The number of benzene rings is 1. The molecule has 1 amide bonds. The third-order valence-electron chi connectivity index (χ3n) is 2.53. The second kappa shape index (κ2) is 8.33. The molecule has 0 aromatic heterocycles. The summed E-state index contributed by atoms with van der Waals surface area (Å²) in [5.41, 5.74) is 0. The zero-order valence-electron chi connectivity index (χ0n) is 11.8. The molecule has 0 saturated heterocycles. The van der Waals surface area contributed by atoms with E-state index in [4.69, 9.17) is 21.1 Å². The lowest BCUT2D eigenvalue weighted by Gasteiger charge is -2.14. The van der Waals surface area contributed by atoms with Crippen LogP contribution < -0.4 is 4.72 Å². The van der Waals surface area contributed by atoms with Gasteiger partial charge < -0.3 is 9.47 Å². The summed E-state index contributed by atoms with van der Waals surface area (Å²) in [7, 11) is -4.01. The average Bonchev–Trinajstić information content (AvgIpc) is 2.43. The summed E-state index contributed by atoms with van der Waals surface area (Å²) >= 11 is 5.81. The van der Waals surface area contributed by atoms with Gasteiger partial charge in [-0.3, -0.25) is 4.79 Å². The topological polar surface area (TPSA) is 81.7 Å². The lowest BCUT2D eigenvalue weighted by molar-refractivity contribution is -0.130. The molecule has 0 heterocycles. The molecule has 0 bridgehead atoms. The Bertz CT molecular complexity index is 576. The molecular formula is C13H18ClNO5S. The van der Waals surface area contributed by atoms with E-state index in [1.807, 2.05) is 11.6 Å². The molecule has 0 fully saturated rings. The van der Waals surface area contributed by atoms with Crippen LogP contribution >= 0.6 is 11.6 Å². The van der Waals surface area contributed by atoms with Gasteiger partial charge in [0, 0.05) is 6.61 Å². The molecular weight excluding hydrogens is 318 g/mol. The van der Waals surface area contributed by atoms with E-state index in [-0.39, 0.29) is 16.5 Å². The molecule has 6 nitrogen and oxygen atoms in total. The summed E-state index contributed by atoms with van der Waals surface area (Å²) in [5, 5.41) is 0.0442. The van der Waals surface area contributed by atoms with Gasteiger partial charge in [0.05, 0.1) is 18.2 Å². The molecule has 0 saturated carbocycles. The SMILES string of the molecule is CCOCCO[C@H](C)C(=O)NS(=O)(=O)c1ccccc1Cl. The summed E-state index contributed by atoms with van der Waals surface area (Å²) in [5.74, 6) is -0.758. The molecule has 0 aliphatic heterocycles. The molecule has 21 heavy (non-hydrogen) atoms. The molecule has 1 aromatic rings. The van der Waals surface area contributed by atoms with E-state index in [0.29, 0.717) is 13.2 Å². The largest absolute Gasteiger partial charge is 0.379 e. The maximum Gasteiger partial charge on any atom is 0.265 e. The third kappa shape index (κ3) is 5.62. The monoisotopic (exact) mass is 335 g/mol. The Morgan fingerprint density at radius 2 is 2.00 bits per heavy atom. The van der Waals surface area contributed by atoms with Crippen LogP contribution in [0.5, 0.6) is 0 Å². The number of amides is 1. The van der Waals surface area contributed by atoms with Crippen molar-refractivity contribution in [3.63, 3.8) is 0 Å². The summed E-state index contributed by atoms with van der Waals surface area (Å²) in [6.07, 6.45) is -0.914. The predicted molar refractivity (Wildman–Crippen MR) is 78.7 cm³/mol. The van der Waals surface area contributed by atoms with Crippen molar-refractivity contribution in [3.8, 4) is 0 Å². The molecule has 118 valence electrons. The molecule has 0 aliphatic carbocycles. The highest BCUT2D eigenvalue weighted by Gasteiger charge is 2.23. The van der Waals surface area contributed by atoms with Gasteiger partial charge >= 0.3 is 0 Å². The van der Waals surface area contributed by atoms with E-state index in [9.17, 15) is 13.2 Å². The number of nitrogens with one attached hydrogen (secondary N) is 1. The number of carbonyl (C=O) groups excluding carboxylic acids is 1. The van der Waals surface area contributed by atoms with Crippen molar-refractivity contribution in [2.45, 2.75) is 24.8 Å². The molecule has 0 unspecified atom stereocenters. The highest BCUT2D eigenvalue weighted by atomic mass is 35.5. The van der Waals surface area contributed by atoms with Crippen molar-refractivity contribution in [2.24, 2.45) is 0 Å². The van der Waals surface area contributed by atoms with E-state index in [2.05, 4.69) is 0 Å². The highest BCUT2D eigenvalue weighted by Crippen LogP contribution is 2.20. The number of rotatable bonds is 8. The lowest BCUT2D eigenvalue weighted by Crippen LogP contribution is -2.39. The fourth-order valence-electron chi connectivity index (χ4n) is 1.44. The second-order valence-corrected chi connectivity index (χ2v) is 6.17. The summed E-state index contributed by atoms with van der Waals surface area (Å²) in [6, 6.07) is 5.87. The minimum absolute atomic E-state index is 0.0442. The molecule has 0 radical (unpaired) electrons. The smallest absolute Gasteiger partial charge is 0.265 e. The van der Waals surface area contributed by atoms with E-state index in [1.165, 1.54) is 25.1 Å². The van der Waals surface area contributed by atoms with Crippen molar-refractivity contribution in [3.05, 3.63) is 29.3 Å². The van der Waals surface area contributed by atoms with Crippen LogP contribution in [0.3, 0.4) is 0 Å². The maximum absolute atomic E-state index is 12.0. The van der Waals surface area contributed by atoms with Gasteiger partial charge in [-0.2, -0.15) is 0 Å². The van der Waals surface area contributed by atoms with Crippen LogP contribution in [0.15, 0.2) is 29.2 Å². The summed E-state index contributed by atoms with van der Waals surface area (Å²) < 4.78 is 36.3. The van der Waals surface area contributed by atoms with Crippen LogP contribution in [0, 0.1) is 0 Å². The number of hydrogen-bond donors (Lipinski definition) is 1. The Balaban J connectivity index is 2.63. The summed E-state index contributed by atoms with van der Waals surface area (Å²) in [4.78, 5) is 11.7. The van der Waals surface area contributed by atoms with E-state index in [0.717, 1.165) is 0 Å². The Morgan fingerprint density at radius 1 is 1.33 bits per heavy atom. The van der Waals surface area contributed by atoms with Crippen molar-refractivity contribution in [1.29, 1.82) is 0 Å². The number of sulfonamides is 1. The lowest BCUT2D eigenvalue weighted by atomic mass is 10.4. The van der Waals surface area contributed by atoms with Crippen molar-refractivity contribution in [1.82, 2.24) is 4.72 Å². The van der Waals surface area contributed by atoms with Crippen LogP contribution in [-0.4, -0.2) is 40.2 Å². The first-order chi connectivity index (χ1) is 9.88. The van der Waals surface area contributed by atoms with E-state index < -0.39 is 22.0 Å². The zero-order valence-corrected chi connectivity index (χ0v) is 13.4. The number of hydrogen-bond acceptors (Lipinski definition) is 5. The molecule has 1 rings (SSSR count). The van der Waals surface area contributed by atoms with Crippen LogP contribution in [-0.2, 0) is 24.3 Å². The van der Waals surface area contributed by atoms with E-state index in [1.54, 1.807) is 6.07 Å². The first kappa shape index (κ1) is 17.9. The van der Waals surface area contributed by atoms with Crippen LogP contribution in [0.2, 0.25) is 5.02 Å². The Morgan fingerprint density at radius 3 is 2.62 bits per heavy atom. The number of halogens is 1. The molecule has 1 aromatic carbocycles. The highest BCUT2D eigenvalue weighted by molar-refractivity contribution is 7.90. The van der Waals surface area contributed by atoms with Gasteiger partial charge in [0.2, 0.25) is 0 Å². The van der Waals surface area contributed by atoms with Gasteiger partial charge in [-0.05, 0) is 26.0 Å². The Hall–Kier alpha value is -1.15. The van der Waals surface area contributed by atoms with Gasteiger partial charge in [-0.1, -0.05) is 23.7 Å². The van der Waals surface area contributed by atoms with E-state index >= 15 is 0 Å². The normalized spacial score (nSPS) is 12.9. The average molecular weight is 336 g/mol. The first-order valence-electron chi connectivity index (χ1n) is 6.39. The van der Waals surface area contributed by atoms with Gasteiger partial charge in [-0.25, -0.2) is 13.1 Å². The fourth-order valence-corrected chi connectivity index (χ4v) is 3.00. The van der Waals surface area contributed by atoms with Gasteiger partial charge in [0.1, 0.15) is 11.0 Å². The van der Waals surface area contributed by atoms with Crippen molar-refractivity contribution < 1.29 is 22.7 Å². The van der Waals surface area contributed by atoms with Gasteiger partial charge in [-0.15, -0.1) is 0 Å². The van der Waals surface area contributed by atoms with Crippen LogP contribution in [0.4, 0.5) is 0 Å². The minimum Gasteiger partial charge on any atom is -0.379 e. The first-order valence-corrected chi connectivity index (χ1v) is 8.25. The molecule has 0 aliphatic rings.